The van der Waals surface area contributed by atoms with Gasteiger partial charge in [-0.15, -0.1) is 14.8 Å². The molecule has 9 nitrogen and oxygen atoms in total. The molecule has 0 atom stereocenters. The molecule has 0 radical (unpaired) electrons. The summed E-state index contributed by atoms with van der Waals surface area (Å²) < 4.78 is 1.42. The molecule has 6 rings (SSSR count). The number of fused-ring (bicyclic) bond motifs is 2. The fraction of sp³-hybridized carbons (Fsp3) is 0.200. The van der Waals surface area contributed by atoms with Crippen LogP contribution in [0.2, 0.25) is 0 Å². The molecule has 2 aromatic carbocycles. The minimum Gasteiger partial charge on any atom is -0.355 e. The third kappa shape index (κ3) is 3.92. The van der Waals surface area contributed by atoms with Crippen molar-refractivity contribution in [1.29, 1.82) is 0 Å². The summed E-state index contributed by atoms with van der Waals surface area (Å²) >= 11 is 0. The van der Waals surface area contributed by atoms with Gasteiger partial charge in [0.25, 0.3) is 0 Å². The molecule has 1 amide bonds. The van der Waals surface area contributed by atoms with Crippen LogP contribution in [0.4, 0.5) is 11.6 Å². The van der Waals surface area contributed by atoms with Crippen LogP contribution >= 0.6 is 0 Å². The van der Waals surface area contributed by atoms with Gasteiger partial charge in [-0.2, -0.15) is 0 Å². The lowest BCUT2D eigenvalue weighted by Crippen LogP contribution is -2.38. The van der Waals surface area contributed by atoms with Crippen molar-refractivity contribution in [1.82, 2.24) is 30.2 Å². The van der Waals surface area contributed by atoms with Crippen molar-refractivity contribution in [2.45, 2.75) is 12.8 Å². The third-order valence-electron chi connectivity index (χ3n) is 6.29. The molecule has 0 aliphatic carbocycles. The lowest BCUT2D eigenvalue weighted by Gasteiger charge is -2.31. The lowest BCUT2D eigenvalue weighted by molar-refractivity contribution is -0.120. The third-order valence-corrected chi connectivity index (χ3v) is 6.29. The standard InChI is InChI=1S/C25H22N8O/c34-25(18-12-14-32(15-13-18)24-11-10-23-28-30-31-33(23)29-24)27-22-7-3-6-21(26-22)20-9-8-17-4-1-2-5-19(17)16-20/h1-11,16,18H,12-15H2,(H,26,27,34). The maximum absolute atomic E-state index is 13.0. The van der Waals surface area contributed by atoms with Crippen LogP contribution in [0.3, 0.4) is 0 Å². The predicted octanol–water partition coefficient (Wildman–Crippen LogP) is 3.59. The molecule has 168 valence electrons. The molecular weight excluding hydrogens is 428 g/mol. The fourth-order valence-corrected chi connectivity index (χ4v) is 4.42. The van der Waals surface area contributed by atoms with E-state index in [0.717, 1.165) is 48.4 Å². The second-order valence-electron chi connectivity index (χ2n) is 8.44. The second kappa shape index (κ2) is 8.51. The van der Waals surface area contributed by atoms with Crippen molar-refractivity contribution < 1.29 is 4.79 Å². The van der Waals surface area contributed by atoms with E-state index >= 15 is 0 Å². The number of nitrogens with one attached hydrogen (secondary N) is 1. The zero-order chi connectivity index (χ0) is 22.9. The van der Waals surface area contributed by atoms with Crippen molar-refractivity contribution in [3.63, 3.8) is 0 Å². The van der Waals surface area contributed by atoms with Crippen LogP contribution in [0, 0.1) is 5.92 Å². The molecule has 34 heavy (non-hydrogen) atoms. The molecule has 1 aliphatic heterocycles. The van der Waals surface area contributed by atoms with E-state index in [-0.39, 0.29) is 11.8 Å². The fourth-order valence-electron chi connectivity index (χ4n) is 4.42. The van der Waals surface area contributed by atoms with Crippen LogP contribution in [-0.2, 0) is 4.79 Å². The summed E-state index contributed by atoms with van der Waals surface area (Å²) in [5, 5.41) is 21.2. The number of anilines is 2. The number of hydrogen-bond acceptors (Lipinski definition) is 7. The quantitative estimate of drug-likeness (QED) is 0.446. The van der Waals surface area contributed by atoms with Crippen LogP contribution in [0.1, 0.15) is 12.8 Å². The summed E-state index contributed by atoms with van der Waals surface area (Å²) in [6.07, 6.45) is 1.48. The van der Waals surface area contributed by atoms with Crippen molar-refractivity contribution in [3.05, 3.63) is 72.8 Å². The van der Waals surface area contributed by atoms with Gasteiger partial charge in [0.2, 0.25) is 5.91 Å². The van der Waals surface area contributed by atoms with Gasteiger partial charge < -0.3 is 10.2 Å². The van der Waals surface area contributed by atoms with Gasteiger partial charge >= 0.3 is 0 Å². The lowest BCUT2D eigenvalue weighted by atomic mass is 9.96. The number of carbonyl (C=O) groups is 1. The molecule has 3 aromatic heterocycles. The number of nitrogens with zero attached hydrogens (tertiary/aromatic N) is 7. The first-order chi connectivity index (χ1) is 16.7. The molecule has 0 unspecified atom stereocenters. The van der Waals surface area contributed by atoms with Gasteiger partial charge in [-0.1, -0.05) is 42.5 Å². The Bertz CT molecular complexity index is 1490. The molecule has 0 bridgehead atoms. The number of hydrogen-bond donors (Lipinski definition) is 1. The molecule has 1 aliphatic rings. The minimum atomic E-state index is -0.0702. The average Bonchev–Trinajstić information content (AvgIpc) is 3.37. The largest absolute Gasteiger partial charge is 0.355 e. The van der Waals surface area contributed by atoms with Gasteiger partial charge in [0.15, 0.2) is 11.5 Å². The highest BCUT2D eigenvalue weighted by Crippen LogP contribution is 2.26. The summed E-state index contributed by atoms with van der Waals surface area (Å²) in [6, 6.07) is 24.0. The smallest absolute Gasteiger partial charge is 0.228 e. The van der Waals surface area contributed by atoms with Crippen molar-refractivity contribution in [2.75, 3.05) is 23.3 Å². The van der Waals surface area contributed by atoms with Crippen LogP contribution in [0.5, 0.6) is 0 Å². The van der Waals surface area contributed by atoms with Gasteiger partial charge in [0.1, 0.15) is 5.82 Å². The maximum Gasteiger partial charge on any atom is 0.228 e. The number of piperidine rings is 1. The van der Waals surface area contributed by atoms with Crippen LogP contribution in [-0.4, -0.2) is 49.2 Å². The van der Waals surface area contributed by atoms with Crippen LogP contribution in [0.15, 0.2) is 72.8 Å². The van der Waals surface area contributed by atoms with Crippen molar-refractivity contribution in [2.24, 2.45) is 5.92 Å². The number of aromatic nitrogens is 6. The number of benzene rings is 2. The van der Waals surface area contributed by atoms with E-state index in [1.807, 2.05) is 42.5 Å². The zero-order valence-electron chi connectivity index (χ0n) is 18.4. The van der Waals surface area contributed by atoms with Gasteiger partial charge in [-0.05, 0) is 64.4 Å². The Kier molecular flexibility index (Phi) is 5.06. The summed E-state index contributed by atoms with van der Waals surface area (Å²) in [6.45, 7) is 1.48. The van der Waals surface area contributed by atoms with E-state index < -0.39 is 0 Å². The zero-order valence-corrected chi connectivity index (χ0v) is 18.4. The molecular formula is C25H22N8O. The Labute approximate surface area is 195 Å². The first-order valence-corrected chi connectivity index (χ1v) is 11.3. The number of tetrazole rings is 1. The Hall–Kier alpha value is -4.40. The highest BCUT2D eigenvalue weighted by molar-refractivity contribution is 5.92. The number of rotatable bonds is 4. The van der Waals surface area contributed by atoms with Crippen LogP contribution in [0.25, 0.3) is 27.7 Å². The number of carbonyl (C=O) groups excluding carboxylic acids is 1. The number of pyridine rings is 1. The molecule has 4 heterocycles. The number of amides is 1. The highest BCUT2D eigenvalue weighted by atomic mass is 16.2. The molecule has 1 saturated heterocycles. The normalized spacial score (nSPS) is 14.5. The van der Waals surface area contributed by atoms with E-state index in [1.54, 1.807) is 0 Å². The summed E-state index contributed by atoms with van der Waals surface area (Å²) in [7, 11) is 0. The second-order valence-corrected chi connectivity index (χ2v) is 8.44. The van der Waals surface area contributed by atoms with Crippen LogP contribution < -0.4 is 10.2 Å². The first-order valence-electron chi connectivity index (χ1n) is 11.3. The topological polar surface area (TPSA) is 101 Å². The monoisotopic (exact) mass is 450 g/mol. The molecule has 0 saturated carbocycles. The van der Waals surface area contributed by atoms with Gasteiger partial charge in [-0.25, -0.2) is 4.98 Å². The van der Waals surface area contributed by atoms with Crippen molar-refractivity contribution >= 4 is 34.0 Å². The van der Waals surface area contributed by atoms with E-state index in [2.05, 4.69) is 61.2 Å². The Morgan fingerprint density at radius 3 is 2.65 bits per heavy atom. The van der Waals surface area contributed by atoms with E-state index in [0.29, 0.717) is 11.5 Å². The average molecular weight is 451 g/mol. The summed E-state index contributed by atoms with van der Waals surface area (Å²) in [4.78, 5) is 19.8. The van der Waals surface area contributed by atoms with E-state index in [4.69, 9.17) is 4.98 Å². The molecule has 5 aromatic rings. The Balaban J connectivity index is 1.12. The van der Waals surface area contributed by atoms with E-state index in [9.17, 15) is 4.79 Å². The maximum atomic E-state index is 13.0. The first kappa shape index (κ1) is 20.2. The molecule has 1 N–H and O–H groups in total. The minimum absolute atomic E-state index is 0.00620. The highest BCUT2D eigenvalue weighted by Gasteiger charge is 2.26. The van der Waals surface area contributed by atoms with Gasteiger partial charge in [-0.3, -0.25) is 4.79 Å². The van der Waals surface area contributed by atoms with Gasteiger partial charge in [0.05, 0.1) is 5.69 Å². The predicted molar refractivity (Wildman–Crippen MR) is 129 cm³/mol. The SMILES string of the molecule is O=C(Nc1cccc(-c2ccc3ccccc3c2)n1)C1CCN(c2ccc3nnnn3n2)CC1. The Morgan fingerprint density at radius 1 is 0.912 bits per heavy atom. The molecule has 1 fully saturated rings. The molecule has 0 spiro atoms. The summed E-state index contributed by atoms with van der Waals surface area (Å²) in [5.41, 5.74) is 2.47. The summed E-state index contributed by atoms with van der Waals surface area (Å²) in [5.74, 6) is 1.32. The van der Waals surface area contributed by atoms with Gasteiger partial charge in [0, 0.05) is 24.6 Å². The molecule has 9 heteroatoms. The van der Waals surface area contributed by atoms with Crippen molar-refractivity contribution in [3.8, 4) is 11.3 Å². The Morgan fingerprint density at radius 2 is 1.76 bits per heavy atom. The van der Waals surface area contributed by atoms with E-state index in [1.165, 1.54) is 10.0 Å².